The molecule has 1 aromatic heterocycles. The lowest BCUT2D eigenvalue weighted by Gasteiger charge is -2.10. The lowest BCUT2D eigenvalue weighted by molar-refractivity contribution is -0.385. The molecule has 188 valence electrons. The fourth-order valence-corrected chi connectivity index (χ4v) is 3.50. The van der Waals surface area contributed by atoms with Crippen molar-refractivity contribution in [2.75, 3.05) is 5.73 Å². The van der Waals surface area contributed by atoms with Crippen LogP contribution >= 0.6 is 0 Å². The van der Waals surface area contributed by atoms with Gasteiger partial charge in [-0.2, -0.15) is 28.8 Å². The number of nitrogen functional groups attached to an aromatic ring is 1. The first-order valence-corrected chi connectivity index (χ1v) is 10.7. The second kappa shape index (κ2) is 10.2. The van der Waals surface area contributed by atoms with Gasteiger partial charge in [-0.05, 0) is 48.0 Å². The molecule has 0 unspecified atom stereocenters. The Labute approximate surface area is 213 Å². The molecule has 3 aromatic carbocycles. The van der Waals surface area contributed by atoms with Crippen LogP contribution in [0.25, 0.3) is 17.3 Å². The zero-order valence-electron chi connectivity index (χ0n) is 19.2. The zero-order chi connectivity index (χ0) is 27.4. The molecule has 0 fully saturated rings. The molecular weight excluding hydrogens is 501 g/mol. The summed E-state index contributed by atoms with van der Waals surface area (Å²) in [7, 11) is 0. The van der Waals surface area contributed by atoms with Crippen LogP contribution in [-0.4, -0.2) is 14.7 Å². The van der Waals surface area contributed by atoms with Gasteiger partial charge in [-0.1, -0.05) is 30.3 Å². The molecule has 0 radical (unpaired) electrons. The molecule has 2 N–H and O–H groups in total. The van der Waals surface area contributed by atoms with Crippen molar-refractivity contribution in [2.45, 2.75) is 6.18 Å². The molecule has 0 aliphatic heterocycles. The Balaban J connectivity index is 1.64. The molecule has 0 aliphatic rings. The molecule has 0 saturated heterocycles. The van der Waals surface area contributed by atoms with E-state index >= 15 is 0 Å². The first-order valence-electron chi connectivity index (χ1n) is 10.7. The van der Waals surface area contributed by atoms with Crippen molar-refractivity contribution in [3.05, 3.63) is 105 Å². The molecule has 0 atom stereocenters. The maximum Gasteiger partial charge on any atom is 0.416 e. The van der Waals surface area contributed by atoms with Crippen molar-refractivity contribution in [3.8, 4) is 29.3 Å². The molecule has 0 spiro atoms. The fraction of sp³-hybridized carbons (Fsp3) is 0.0385. The smallest absolute Gasteiger partial charge is 0.416 e. The van der Waals surface area contributed by atoms with Crippen LogP contribution in [0.1, 0.15) is 22.4 Å². The highest BCUT2D eigenvalue weighted by Crippen LogP contribution is 2.38. The van der Waals surface area contributed by atoms with Crippen molar-refractivity contribution in [1.29, 1.82) is 10.5 Å². The van der Waals surface area contributed by atoms with Crippen LogP contribution in [0.2, 0.25) is 0 Å². The van der Waals surface area contributed by atoms with E-state index < -0.39 is 22.4 Å². The van der Waals surface area contributed by atoms with Gasteiger partial charge in [-0.3, -0.25) is 10.1 Å². The minimum absolute atomic E-state index is 0.0243. The number of nitrogens with zero attached hydrogens (tertiary/aromatic N) is 5. The minimum Gasteiger partial charge on any atom is -0.450 e. The third kappa shape index (κ3) is 5.15. The summed E-state index contributed by atoms with van der Waals surface area (Å²) in [6.45, 7) is 0. The van der Waals surface area contributed by atoms with Gasteiger partial charge >= 0.3 is 11.9 Å². The molecule has 9 nitrogen and oxygen atoms in total. The van der Waals surface area contributed by atoms with Crippen molar-refractivity contribution in [1.82, 2.24) is 9.78 Å². The number of allylic oxidation sites excluding steroid dienone is 1. The summed E-state index contributed by atoms with van der Waals surface area (Å²) >= 11 is 0. The molecule has 1 heterocycles. The topological polar surface area (TPSA) is 144 Å². The number of rotatable bonds is 6. The largest absolute Gasteiger partial charge is 0.450 e. The first kappa shape index (κ1) is 25.5. The van der Waals surface area contributed by atoms with Crippen LogP contribution in [0.15, 0.2) is 72.8 Å². The van der Waals surface area contributed by atoms with E-state index in [0.717, 1.165) is 6.07 Å². The number of nitrogens with two attached hydrogens (primary N) is 1. The molecule has 38 heavy (non-hydrogen) atoms. The van der Waals surface area contributed by atoms with E-state index in [2.05, 4.69) is 5.10 Å². The summed E-state index contributed by atoms with van der Waals surface area (Å²) < 4.78 is 45.6. The molecule has 0 amide bonds. The Morgan fingerprint density at radius 1 is 1.08 bits per heavy atom. The van der Waals surface area contributed by atoms with Gasteiger partial charge in [0.25, 0.3) is 0 Å². The molecule has 4 aromatic rings. The lowest BCUT2D eigenvalue weighted by Crippen LogP contribution is -2.06. The minimum atomic E-state index is -4.75. The molecule has 0 saturated carbocycles. The highest BCUT2D eigenvalue weighted by Gasteiger charge is 2.33. The number of nitro benzene ring substituents is 1. The van der Waals surface area contributed by atoms with Crippen molar-refractivity contribution >= 4 is 23.2 Å². The number of ether oxygens (including phenoxy) is 1. The quantitative estimate of drug-likeness (QED) is 0.185. The highest BCUT2D eigenvalue weighted by molar-refractivity contribution is 5.91. The maximum atomic E-state index is 12.9. The van der Waals surface area contributed by atoms with Gasteiger partial charge in [0.05, 0.1) is 21.7 Å². The van der Waals surface area contributed by atoms with Crippen LogP contribution in [0.5, 0.6) is 11.5 Å². The normalized spacial score (nSPS) is 11.4. The van der Waals surface area contributed by atoms with Crippen LogP contribution in [0.4, 0.5) is 24.7 Å². The van der Waals surface area contributed by atoms with Crippen molar-refractivity contribution < 1.29 is 22.8 Å². The number of hydrogen-bond acceptors (Lipinski definition) is 7. The zero-order valence-corrected chi connectivity index (χ0v) is 19.2. The summed E-state index contributed by atoms with van der Waals surface area (Å²) in [6, 6.07) is 20.6. The van der Waals surface area contributed by atoms with E-state index in [1.165, 1.54) is 35.0 Å². The van der Waals surface area contributed by atoms with E-state index in [1.54, 1.807) is 30.3 Å². The molecule has 12 heteroatoms. The van der Waals surface area contributed by atoms with Gasteiger partial charge in [0.2, 0.25) is 5.75 Å². The Morgan fingerprint density at radius 3 is 2.34 bits per heavy atom. The highest BCUT2D eigenvalue weighted by atomic mass is 19.4. The Bertz CT molecular complexity index is 1630. The summed E-state index contributed by atoms with van der Waals surface area (Å²) in [5.74, 6) is -0.194. The third-order valence-electron chi connectivity index (χ3n) is 5.31. The number of anilines is 1. The Hall–Kier alpha value is -5.62. The van der Waals surface area contributed by atoms with Gasteiger partial charge in [-0.15, -0.1) is 0 Å². The Morgan fingerprint density at radius 2 is 1.76 bits per heavy atom. The van der Waals surface area contributed by atoms with E-state index in [-0.39, 0.29) is 34.1 Å². The summed E-state index contributed by atoms with van der Waals surface area (Å²) in [5, 5.41) is 35.0. The van der Waals surface area contributed by atoms with Crippen molar-refractivity contribution in [3.63, 3.8) is 0 Å². The summed E-state index contributed by atoms with van der Waals surface area (Å²) in [4.78, 5) is 10.3. The predicted molar refractivity (Wildman–Crippen MR) is 131 cm³/mol. The predicted octanol–water partition coefficient (Wildman–Crippen LogP) is 6.11. The van der Waals surface area contributed by atoms with Gasteiger partial charge in [0.15, 0.2) is 0 Å². The van der Waals surface area contributed by atoms with Crippen LogP contribution in [0.3, 0.4) is 0 Å². The monoisotopic (exact) mass is 516 g/mol. The number of benzene rings is 3. The summed E-state index contributed by atoms with van der Waals surface area (Å²) in [5.41, 5.74) is 5.34. The lowest BCUT2D eigenvalue weighted by atomic mass is 10.1. The van der Waals surface area contributed by atoms with E-state index in [9.17, 15) is 33.8 Å². The number of aromatic nitrogens is 2. The standard InChI is InChI=1S/C26H15F3N6O3/c27-26(28,29)18-8-11-23(22(13-18)35(36)37)38-20-9-6-16(7-10-20)12-17(14-30)24-21(15-31)25(32)34(33-24)19-4-2-1-3-5-19/h1-13H,32H2/b17-12+. The average Bonchev–Trinajstić information content (AvgIpc) is 3.24. The van der Waals surface area contributed by atoms with Crippen LogP contribution in [-0.2, 0) is 6.18 Å². The second-order valence-corrected chi connectivity index (χ2v) is 7.75. The molecular formula is C26H15F3N6O3. The van der Waals surface area contributed by atoms with Gasteiger partial charge < -0.3 is 10.5 Å². The molecule has 0 aliphatic carbocycles. The molecule has 4 rings (SSSR count). The maximum absolute atomic E-state index is 12.9. The Kier molecular flexibility index (Phi) is 6.81. The van der Waals surface area contributed by atoms with Crippen molar-refractivity contribution in [2.24, 2.45) is 0 Å². The van der Waals surface area contributed by atoms with E-state index in [0.29, 0.717) is 23.4 Å². The number of hydrogen-bond donors (Lipinski definition) is 1. The number of nitro groups is 1. The van der Waals surface area contributed by atoms with E-state index in [4.69, 9.17) is 10.5 Å². The van der Waals surface area contributed by atoms with Crippen LogP contribution in [0, 0.1) is 32.8 Å². The third-order valence-corrected chi connectivity index (χ3v) is 5.31. The number of alkyl halides is 3. The SMILES string of the molecule is N#C/C(=C\c1ccc(Oc2ccc(C(F)(F)F)cc2[N+](=O)[O-])cc1)c1nn(-c2ccccc2)c(N)c1C#N. The summed E-state index contributed by atoms with van der Waals surface area (Å²) in [6.07, 6.45) is -3.29. The first-order chi connectivity index (χ1) is 18.1. The number of nitriles is 2. The van der Waals surface area contributed by atoms with Gasteiger partial charge in [0.1, 0.15) is 35.0 Å². The van der Waals surface area contributed by atoms with E-state index in [1.807, 2.05) is 12.1 Å². The van der Waals surface area contributed by atoms with Crippen LogP contribution < -0.4 is 10.5 Å². The van der Waals surface area contributed by atoms with Gasteiger partial charge in [0, 0.05) is 6.07 Å². The number of para-hydroxylation sites is 1. The molecule has 0 bridgehead atoms. The fourth-order valence-electron chi connectivity index (χ4n) is 3.50. The van der Waals surface area contributed by atoms with Gasteiger partial charge in [-0.25, -0.2) is 4.68 Å². The number of halogens is 3. The second-order valence-electron chi connectivity index (χ2n) is 7.75. The average molecular weight is 516 g/mol.